The number of carbonyl (C=O) groups is 1. The van der Waals surface area contributed by atoms with Gasteiger partial charge in [0.25, 0.3) is 0 Å². The molecule has 0 saturated carbocycles. The van der Waals surface area contributed by atoms with Crippen LogP contribution in [0.25, 0.3) is 0 Å². The third-order valence-corrected chi connectivity index (χ3v) is 5.70. The van der Waals surface area contributed by atoms with Crippen molar-refractivity contribution in [3.05, 3.63) is 35.4 Å². The molecule has 0 aliphatic carbocycles. The zero-order valence-corrected chi connectivity index (χ0v) is 13.5. The third-order valence-electron chi connectivity index (χ3n) is 2.97. The molecule has 0 heterocycles. The highest BCUT2D eigenvalue weighted by molar-refractivity contribution is 7.88. The number of hydrogen-bond acceptors (Lipinski definition) is 4. The van der Waals surface area contributed by atoms with Crippen LogP contribution in [0, 0.1) is 0 Å². The average Bonchev–Trinajstić information content (AvgIpc) is 2.37. The van der Waals surface area contributed by atoms with Crippen molar-refractivity contribution in [2.45, 2.75) is 24.3 Å². The maximum absolute atomic E-state index is 11.9. The predicted molar refractivity (Wildman–Crippen MR) is 82.2 cm³/mol. The highest BCUT2D eigenvalue weighted by Gasteiger charge is 2.14. The molecular weight excluding hydrogens is 314 g/mol. The van der Waals surface area contributed by atoms with Crippen molar-refractivity contribution in [2.75, 3.05) is 12.8 Å². The summed E-state index contributed by atoms with van der Waals surface area (Å²) in [5.74, 6) is -1.38. The largest absolute Gasteiger partial charge is 0.478 e. The fourth-order valence-corrected chi connectivity index (χ4v) is 3.25. The van der Waals surface area contributed by atoms with E-state index >= 15 is 0 Å². The highest BCUT2D eigenvalue weighted by Crippen LogP contribution is 2.09. The van der Waals surface area contributed by atoms with Gasteiger partial charge in [0, 0.05) is 28.9 Å². The minimum atomic E-state index is -3.54. The third kappa shape index (κ3) is 6.36. The zero-order chi connectivity index (χ0) is 16.0. The smallest absolute Gasteiger partial charge is 0.335 e. The topological polar surface area (TPSA) is 101 Å². The Morgan fingerprint density at radius 1 is 1.43 bits per heavy atom. The van der Waals surface area contributed by atoms with Crippen LogP contribution in [-0.4, -0.2) is 41.8 Å². The second-order valence-corrected chi connectivity index (χ2v) is 8.37. The molecule has 0 bridgehead atoms. The van der Waals surface area contributed by atoms with Crippen LogP contribution in [0.4, 0.5) is 0 Å². The van der Waals surface area contributed by atoms with Gasteiger partial charge in [-0.1, -0.05) is 19.1 Å². The molecule has 118 valence electrons. The maximum Gasteiger partial charge on any atom is 0.335 e. The van der Waals surface area contributed by atoms with Crippen LogP contribution in [0.2, 0.25) is 0 Å². The van der Waals surface area contributed by atoms with Crippen molar-refractivity contribution in [1.82, 2.24) is 4.72 Å². The Bertz CT molecular complexity index is 627. The normalized spacial score (nSPS) is 14.6. The molecule has 0 aliphatic heterocycles. The Morgan fingerprint density at radius 2 is 2.10 bits per heavy atom. The molecule has 1 aromatic carbocycles. The fourth-order valence-electron chi connectivity index (χ4n) is 1.65. The van der Waals surface area contributed by atoms with Gasteiger partial charge in [-0.3, -0.25) is 4.21 Å². The van der Waals surface area contributed by atoms with Gasteiger partial charge in [-0.2, -0.15) is 0 Å². The van der Waals surface area contributed by atoms with E-state index in [2.05, 4.69) is 4.72 Å². The first-order chi connectivity index (χ1) is 9.71. The van der Waals surface area contributed by atoms with Crippen molar-refractivity contribution in [3.63, 3.8) is 0 Å². The zero-order valence-electron chi connectivity index (χ0n) is 11.9. The van der Waals surface area contributed by atoms with Gasteiger partial charge in [0.2, 0.25) is 10.0 Å². The number of aromatic carboxylic acids is 1. The summed E-state index contributed by atoms with van der Waals surface area (Å²) < 4.78 is 37.4. The van der Waals surface area contributed by atoms with Gasteiger partial charge in [-0.15, -0.1) is 0 Å². The number of carboxylic acids is 1. The molecule has 6 nitrogen and oxygen atoms in total. The second kappa shape index (κ2) is 7.67. The molecule has 0 aromatic heterocycles. The van der Waals surface area contributed by atoms with E-state index in [0.29, 0.717) is 12.0 Å². The summed E-state index contributed by atoms with van der Waals surface area (Å²) in [4.78, 5) is 10.8. The fraction of sp³-hybridized carbons (Fsp3) is 0.462. The van der Waals surface area contributed by atoms with E-state index in [-0.39, 0.29) is 23.1 Å². The molecule has 21 heavy (non-hydrogen) atoms. The maximum atomic E-state index is 11.9. The lowest BCUT2D eigenvalue weighted by Gasteiger charge is -2.10. The first kappa shape index (κ1) is 17.8. The second-order valence-electron chi connectivity index (χ2n) is 4.76. The molecule has 2 unspecified atom stereocenters. The van der Waals surface area contributed by atoms with E-state index in [1.165, 1.54) is 18.2 Å². The van der Waals surface area contributed by atoms with Crippen LogP contribution >= 0.6 is 0 Å². The lowest BCUT2D eigenvalue weighted by molar-refractivity contribution is 0.0696. The SMILES string of the molecule is CC(CCNS(=O)(=O)Cc1cccc(C(=O)O)c1)S(C)=O. The van der Waals surface area contributed by atoms with Crippen LogP contribution in [0.15, 0.2) is 24.3 Å². The van der Waals surface area contributed by atoms with Gasteiger partial charge in [0.15, 0.2) is 0 Å². The van der Waals surface area contributed by atoms with Gasteiger partial charge in [0.1, 0.15) is 0 Å². The van der Waals surface area contributed by atoms with Crippen molar-refractivity contribution >= 4 is 26.8 Å². The number of hydrogen-bond donors (Lipinski definition) is 2. The molecular formula is C13H19NO5S2. The standard InChI is InChI=1S/C13H19NO5S2/c1-10(20(2)17)6-7-14-21(18,19)9-11-4-3-5-12(8-11)13(15)16/h3-5,8,10,14H,6-7,9H2,1-2H3,(H,15,16). The Hall–Kier alpha value is -1.25. The number of rotatable bonds is 8. The molecule has 1 rings (SSSR count). The number of carboxylic acid groups (broad SMARTS) is 1. The summed E-state index contributed by atoms with van der Waals surface area (Å²) in [5, 5.41) is 8.79. The van der Waals surface area contributed by atoms with Gasteiger partial charge >= 0.3 is 5.97 Å². The van der Waals surface area contributed by atoms with E-state index in [0.717, 1.165) is 0 Å². The Balaban J connectivity index is 2.62. The Morgan fingerprint density at radius 3 is 2.67 bits per heavy atom. The molecule has 0 amide bonds. The van der Waals surface area contributed by atoms with E-state index < -0.39 is 26.8 Å². The first-order valence-corrected chi connectivity index (χ1v) is 9.60. The van der Waals surface area contributed by atoms with Crippen molar-refractivity contribution in [2.24, 2.45) is 0 Å². The van der Waals surface area contributed by atoms with Crippen LogP contribution in [0.5, 0.6) is 0 Å². The molecule has 2 N–H and O–H groups in total. The number of benzene rings is 1. The minimum absolute atomic E-state index is 0.0534. The predicted octanol–water partition coefficient (Wildman–Crippen LogP) is 0.961. The first-order valence-electron chi connectivity index (χ1n) is 6.33. The molecule has 8 heteroatoms. The summed E-state index contributed by atoms with van der Waals surface area (Å²) in [6.07, 6.45) is 2.06. The van der Waals surface area contributed by atoms with E-state index in [1.54, 1.807) is 19.2 Å². The van der Waals surface area contributed by atoms with E-state index in [4.69, 9.17) is 5.11 Å². The molecule has 0 aliphatic rings. The van der Waals surface area contributed by atoms with Crippen molar-refractivity contribution in [3.8, 4) is 0 Å². The van der Waals surface area contributed by atoms with Crippen molar-refractivity contribution < 1.29 is 22.5 Å². The number of nitrogens with one attached hydrogen (secondary N) is 1. The molecule has 0 radical (unpaired) electrons. The molecule has 0 spiro atoms. The highest BCUT2D eigenvalue weighted by atomic mass is 32.2. The van der Waals surface area contributed by atoms with E-state index in [1.807, 2.05) is 0 Å². The van der Waals surface area contributed by atoms with Crippen LogP contribution < -0.4 is 4.72 Å². The number of sulfonamides is 1. The summed E-state index contributed by atoms with van der Waals surface area (Å²) >= 11 is 0. The quantitative estimate of drug-likeness (QED) is 0.738. The summed E-state index contributed by atoms with van der Waals surface area (Å²) in [5.41, 5.74) is 0.465. The lowest BCUT2D eigenvalue weighted by Crippen LogP contribution is -2.28. The summed E-state index contributed by atoms with van der Waals surface area (Å²) in [6, 6.07) is 5.82. The average molecular weight is 333 g/mol. The molecule has 2 atom stereocenters. The minimum Gasteiger partial charge on any atom is -0.478 e. The van der Waals surface area contributed by atoms with Gasteiger partial charge < -0.3 is 5.11 Å². The Kier molecular flexibility index (Phi) is 6.50. The van der Waals surface area contributed by atoms with E-state index in [9.17, 15) is 17.4 Å². The monoisotopic (exact) mass is 333 g/mol. The Labute approximate surface area is 127 Å². The van der Waals surface area contributed by atoms with Gasteiger partial charge in [-0.05, 0) is 24.1 Å². The van der Waals surface area contributed by atoms with Crippen LogP contribution in [0.1, 0.15) is 29.3 Å². The summed E-state index contributed by atoms with van der Waals surface area (Å²) in [6.45, 7) is 2.00. The summed E-state index contributed by atoms with van der Waals surface area (Å²) in [7, 11) is -4.53. The molecule has 1 aromatic rings. The van der Waals surface area contributed by atoms with Crippen molar-refractivity contribution in [1.29, 1.82) is 0 Å². The van der Waals surface area contributed by atoms with Gasteiger partial charge in [-0.25, -0.2) is 17.9 Å². The molecule has 0 saturated heterocycles. The van der Waals surface area contributed by atoms with Crippen LogP contribution in [-0.2, 0) is 26.6 Å². The molecule has 0 fully saturated rings. The van der Waals surface area contributed by atoms with Gasteiger partial charge in [0.05, 0.1) is 11.3 Å². The van der Waals surface area contributed by atoms with Crippen LogP contribution in [0.3, 0.4) is 0 Å². The lowest BCUT2D eigenvalue weighted by atomic mass is 10.1.